The van der Waals surface area contributed by atoms with Crippen molar-refractivity contribution in [1.29, 1.82) is 0 Å². The monoisotopic (exact) mass is 373 g/mol. The first-order valence-corrected chi connectivity index (χ1v) is 8.43. The summed E-state index contributed by atoms with van der Waals surface area (Å²) in [6.45, 7) is 1.34. The molecule has 144 valence electrons. The summed E-state index contributed by atoms with van der Waals surface area (Å²) in [4.78, 5) is 24.2. The van der Waals surface area contributed by atoms with Crippen molar-refractivity contribution in [2.75, 3.05) is 19.7 Å². The largest absolute Gasteiger partial charge is 0.494 e. The summed E-state index contributed by atoms with van der Waals surface area (Å²) >= 11 is 0. The normalized spacial score (nSPS) is 20.2. The first-order chi connectivity index (χ1) is 12.2. The number of aliphatic carboxylic acids is 1. The second-order valence-corrected chi connectivity index (χ2v) is 6.57. The van der Waals surface area contributed by atoms with E-state index in [1.807, 2.05) is 31.2 Å². The number of nitrogens with zero attached hydrogens (tertiary/aromatic N) is 1. The number of unbranched alkanes of at least 4 members (excludes halogenated alkanes) is 1. The van der Waals surface area contributed by atoms with Crippen LogP contribution in [0.4, 0.5) is 13.2 Å². The number of likely N-dealkylation sites (tertiary alicyclic amines) is 1. The molecule has 2 rings (SSSR count). The van der Waals surface area contributed by atoms with Crippen molar-refractivity contribution < 1.29 is 32.6 Å². The van der Waals surface area contributed by atoms with Crippen molar-refractivity contribution in [2.24, 2.45) is 5.41 Å². The van der Waals surface area contributed by atoms with Crippen LogP contribution in [0.3, 0.4) is 0 Å². The second-order valence-electron chi connectivity index (χ2n) is 6.57. The van der Waals surface area contributed by atoms with Gasteiger partial charge in [0.25, 0.3) is 0 Å². The molecule has 0 saturated carbocycles. The van der Waals surface area contributed by atoms with E-state index >= 15 is 0 Å². The third-order valence-corrected chi connectivity index (χ3v) is 4.62. The molecular formula is C18H22F3NO4. The molecule has 26 heavy (non-hydrogen) atoms. The molecule has 1 atom stereocenters. The van der Waals surface area contributed by atoms with Crippen LogP contribution in [0.15, 0.2) is 24.3 Å². The molecule has 0 radical (unpaired) electrons. The summed E-state index contributed by atoms with van der Waals surface area (Å²) in [6.07, 6.45) is -4.36. The third-order valence-electron chi connectivity index (χ3n) is 4.62. The molecule has 8 heteroatoms. The van der Waals surface area contributed by atoms with Crippen LogP contribution < -0.4 is 4.74 Å². The first-order valence-electron chi connectivity index (χ1n) is 8.43. The third kappa shape index (κ3) is 4.47. The summed E-state index contributed by atoms with van der Waals surface area (Å²) in [5.41, 5.74) is -1.78. The minimum Gasteiger partial charge on any atom is -0.494 e. The zero-order chi connectivity index (χ0) is 19.4. The van der Waals surface area contributed by atoms with Gasteiger partial charge in [0.15, 0.2) is 5.41 Å². The molecule has 1 aliphatic heterocycles. The van der Waals surface area contributed by atoms with Gasteiger partial charge in [-0.25, -0.2) is 0 Å². The molecular weight excluding hydrogens is 351 g/mol. The van der Waals surface area contributed by atoms with Gasteiger partial charge < -0.3 is 14.7 Å². The molecule has 0 bridgehead atoms. The topological polar surface area (TPSA) is 66.8 Å². The number of benzene rings is 1. The number of halogens is 3. The molecule has 1 N–H and O–H groups in total. The molecule has 0 aliphatic carbocycles. The van der Waals surface area contributed by atoms with Crippen molar-refractivity contribution >= 4 is 11.9 Å². The fourth-order valence-electron chi connectivity index (χ4n) is 2.98. The lowest BCUT2D eigenvalue weighted by atomic mass is 9.86. The fraction of sp³-hybridized carbons (Fsp3) is 0.556. The predicted molar refractivity (Wildman–Crippen MR) is 87.8 cm³/mol. The van der Waals surface area contributed by atoms with Crippen molar-refractivity contribution in [3.63, 3.8) is 0 Å². The van der Waals surface area contributed by atoms with Crippen LogP contribution in [0.1, 0.15) is 31.2 Å². The number of hydrogen-bond acceptors (Lipinski definition) is 3. The first kappa shape index (κ1) is 20.1. The van der Waals surface area contributed by atoms with E-state index in [4.69, 9.17) is 9.84 Å². The maximum absolute atomic E-state index is 13.1. The Morgan fingerprint density at radius 2 is 2.04 bits per heavy atom. The maximum atomic E-state index is 13.1. The number of carboxylic acid groups (broad SMARTS) is 1. The lowest BCUT2D eigenvalue weighted by Crippen LogP contribution is -2.47. The standard InChI is InChI=1S/C18H22F3NO4/c1-13-5-4-6-14(11-13)26-10-3-2-7-15(23)22-9-8-17(12-22,16(24)25)18(19,20)21/h4-6,11H,2-3,7-10,12H2,1H3,(H,24,25). The Kier molecular flexibility index (Phi) is 6.15. The summed E-state index contributed by atoms with van der Waals surface area (Å²) < 4.78 is 44.9. The van der Waals surface area contributed by atoms with Crippen LogP contribution in [0.2, 0.25) is 0 Å². The highest BCUT2D eigenvalue weighted by Gasteiger charge is 2.64. The second kappa shape index (κ2) is 7.97. The van der Waals surface area contributed by atoms with E-state index in [0.717, 1.165) is 16.2 Å². The zero-order valence-electron chi connectivity index (χ0n) is 14.5. The van der Waals surface area contributed by atoms with Gasteiger partial charge in [0.2, 0.25) is 5.91 Å². The van der Waals surface area contributed by atoms with Gasteiger partial charge in [-0.15, -0.1) is 0 Å². The SMILES string of the molecule is Cc1cccc(OCCCCC(=O)N2CCC(C(=O)O)(C(F)(F)F)C2)c1. The molecule has 1 amide bonds. The van der Waals surface area contributed by atoms with E-state index in [1.54, 1.807) is 0 Å². The van der Waals surface area contributed by atoms with Gasteiger partial charge in [-0.1, -0.05) is 12.1 Å². The lowest BCUT2D eigenvalue weighted by Gasteiger charge is -2.27. The number of ether oxygens (including phenoxy) is 1. The number of rotatable bonds is 7. The number of carbonyl (C=O) groups is 2. The highest BCUT2D eigenvalue weighted by atomic mass is 19.4. The number of alkyl halides is 3. The van der Waals surface area contributed by atoms with Crippen molar-refractivity contribution in [2.45, 2.75) is 38.8 Å². The van der Waals surface area contributed by atoms with E-state index in [-0.39, 0.29) is 13.0 Å². The average Bonchev–Trinajstić information content (AvgIpc) is 3.01. The minimum absolute atomic E-state index is 0.0741. The maximum Gasteiger partial charge on any atom is 0.406 e. The number of aryl methyl sites for hydroxylation is 1. The molecule has 1 unspecified atom stereocenters. The summed E-state index contributed by atoms with van der Waals surface area (Å²) in [6, 6.07) is 7.53. The average molecular weight is 373 g/mol. The number of carbonyl (C=O) groups excluding carboxylic acids is 1. The van der Waals surface area contributed by atoms with Gasteiger partial charge in [0.05, 0.1) is 6.61 Å². The Bertz CT molecular complexity index is 662. The van der Waals surface area contributed by atoms with E-state index in [0.29, 0.717) is 19.4 Å². The Hall–Kier alpha value is -2.25. The van der Waals surface area contributed by atoms with Crippen LogP contribution >= 0.6 is 0 Å². The Morgan fingerprint density at radius 1 is 1.31 bits per heavy atom. The molecule has 0 spiro atoms. The Morgan fingerprint density at radius 3 is 2.62 bits per heavy atom. The number of carboxylic acids is 1. The van der Waals surface area contributed by atoms with Gasteiger partial charge >= 0.3 is 12.1 Å². The smallest absolute Gasteiger partial charge is 0.406 e. The fourth-order valence-corrected chi connectivity index (χ4v) is 2.98. The molecule has 1 saturated heterocycles. The van der Waals surface area contributed by atoms with Crippen LogP contribution in [-0.2, 0) is 9.59 Å². The van der Waals surface area contributed by atoms with Gasteiger partial charge in [-0.05, 0) is 43.9 Å². The van der Waals surface area contributed by atoms with Crippen LogP contribution in [0.25, 0.3) is 0 Å². The predicted octanol–water partition coefficient (Wildman–Crippen LogP) is 3.41. The van der Waals surface area contributed by atoms with E-state index in [1.165, 1.54) is 0 Å². The Balaban J connectivity index is 1.76. The minimum atomic E-state index is -4.88. The highest BCUT2D eigenvalue weighted by molar-refractivity contribution is 5.81. The van der Waals surface area contributed by atoms with Crippen LogP contribution in [0.5, 0.6) is 5.75 Å². The van der Waals surface area contributed by atoms with Crippen molar-refractivity contribution in [1.82, 2.24) is 4.90 Å². The lowest BCUT2D eigenvalue weighted by molar-refractivity contribution is -0.227. The Labute approximate surface area is 149 Å². The molecule has 1 fully saturated rings. The summed E-state index contributed by atoms with van der Waals surface area (Å²) in [7, 11) is 0. The quantitative estimate of drug-likeness (QED) is 0.744. The van der Waals surface area contributed by atoms with Crippen molar-refractivity contribution in [3.05, 3.63) is 29.8 Å². The van der Waals surface area contributed by atoms with Crippen molar-refractivity contribution in [3.8, 4) is 5.75 Å². The molecule has 1 aromatic carbocycles. The van der Waals surface area contributed by atoms with Gasteiger partial charge in [0.1, 0.15) is 5.75 Å². The molecule has 0 aromatic heterocycles. The molecule has 1 heterocycles. The van der Waals surface area contributed by atoms with Crippen LogP contribution in [0, 0.1) is 12.3 Å². The van der Waals surface area contributed by atoms with E-state index < -0.39 is 36.4 Å². The van der Waals surface area contributed by atoms with Gasteiger partial charge in [-0.3, -0.25) is 9.59 Å². The zero-order valence-corrected chi connectivity index (χ0v) is 14.5. The molecule has 1 aromatic rings. The van der Waals surface area contributed by atoms with E-state index in [9.17, 15) is 22.8 Å². The highest BCUT2D eigenvalue weighted by Crippen LogP contribution is 2.45. The van der Waals surface area contributed by atoms with E-state index in [2.05, 4.69) is 0 Å². The van der Waals surface area contributed by atoms with Gasteiger partial charge in [0, 0.05) is 19.5 Å². The number of hydrogen-bond donors (Lipinski definition) is 1. The molecule has 1 aliphatic rings. The van der Waals surface area contributed by atoms with Gasteiger partial charge in [-0.2, -0.15) is 13.2 Å². The summed E-state index contributed by atoms with van der Waals surface area (Å²) in [5, 5.41) is 9.00. The molecule has 5 nitrogen and oxygen atoms in total. The summed E-state index contributed by atoms with van der Waals surface area (Å²) in [5.74, 6) is -1.65. The van der Waals surface area contributed by atoms with Crippen LogP contribution in [-0.4, -0.2) is 47.8 Å². The number of amides is 1.